The van der Waals surface area contributed by atoms with Crippen molar-refractivity contribution in [2.45, 2.75) is 291 Å². The number of allylic oxidation sites excluding steroid dienone is 10. The Labute approximate surface area is 845 Å². The van der Waals surface area contributed by atoms with Gasteiger partial charge in [0.2, 0.25) is 0 Å². The van der Waals surface area contributed by atoms with Crippen LogP contribution in [0.4, 0.5) is 0 Å². The number of carboxylic acids is 2. The minimum absolute atomic E-state index is 0.0808. The summed E-state index contributed by atoms with van der Waals surface area (Å²) in [6.07, 6.45) is -59.3. The van der Waals surface area contributed by atoms with Crippen molar-refractivity contribution in [3.8, 4) is 0 Å². The predicted molar refractivity (Wildman–Crippen MR) is 525 cm³/mol. The molecule has 22 N–H and O–H groups in total. The maximum atomic E-state index is 14.6. The van der Waals surface area contributed by atoms with E-state index < -0.39 is 261 Å². The third kappa shape index (κ3) is 21.1. The number of aliphatic hydroxyl groups excluding tert-OH is 16. The molecule has 0 saturated carbocycles. The van der Waals surface area contributed by atoms with Crippen LogP contribution in [-0.2, 0) is 98.3 Å². The van der Waals surface area contributed by atoms with Gasteiger partial charge in [-0.25, -0.2) is 19.9 Å². The molecule has 0 aliphatic carbocycles. The van der Waals surface area contributed by atoms with Gasteiger partial charge < -0.3 is 178 Å². The molecule has 44 nitrogen and oxygen atoms in total. The Morgan fingerprint density at radius 1 is 0.297 bits per heavy atom. The maximum Gasteiger partial charge on any atom is 0.306 e. The van der Waals surface area contributed by atoms with Crippen LogP contribution in [0.2, 0.25) is 0 Å². The third-order valence-electron chi connectivity index (χ3n) is 29.6. The van der Waals surface area contributed by atoms with Crippen LogP contribution in [0.3, 0.4) is 0 Å². The molecule has 6 aromatic heterocycles. The van der Waals surface area contributed by atoms with Gasteiger partial charge in [-0.3, -0.25) is 19.2 Å². The van der Waals surface area contributed by atoms with Gasteiger partial charge in [-0.2, -0.15) is 0 Å². The summed E-state index contributed by atoms with van der Waals surface area (Å²) in [6, 6.07) is 14.7. The SMILES string of the molecule is C=CC1=C(C)c2cc3[nH]c(cc4nc(cc5[nH]c(cc1n2)c(C)c5CCC(=O)O)C(CCC(=O)OCC1OC2OC5C(CO)OC(OC6C(CO)OC(OC7C(COC(=O)CCc8c(C)c9cc%10nc(cc%11[nH]c(cc%12nc(cc8[nH]9)C(CCC(=O)O)=C%12C)c(C)c%11C=C)C(C)=C%10C=C)OC(OC8C(CO)OC(OC9C(CO)OC(OC1C(O)C2O)C(O)C9O)C(O)C8O)C(O)C7O)C(O)C6O)C(O)C5O)=C4C)c(C)c3C=C. The molecule has 22 saturated heterocycles. The van der Waals surface area contributed by atoms with Crippen LogP contribution in [0.5, 0.6) is 0 Å². The lowest BCUT2D eigenvalue weighted by Crippen LogP contribution is -2.69. The fourth-order valence-corrected chi connectivity index (χ4v) is 20.9. The van der Waals surface area contributed by atoms with Gasteiger partial charge in [0.05, 0.1) is 72.0 Å². The van der Waals surface area contributed by atoms with Crippen LogP contribution >= 0.6 is 0 Å². The summed E-state index contributed by atoms with van der Waals surface area (Å²) in [7, 11) is 0. The number of carboxylic acid groups (broad SMARTS) is 2. The number of aromatic nitrogens is 8. The highest BCUT2D eigenvalue weighted by Crippen LogP contribution is 2.45. The predicted octanol–water partition coefficient (Wildman–Crippen LogP) is 2.91. The fourth-order valence-electron chi connectivity index (χ4n) is 20.9. The minimum Gasteiger partial charge on any atom is -0.481 e. The molecule has 0 aromatic carbocycles. The number of carbonyl (C=O) groups excluding carboxylic acids is 2. The topological polar surface area (TPSA) is 676 Å². The Morgan fingerprint density at radius 3 is 0.845 bits per heavy atom. The molecular weight excluding hydrogens is 1940 g/mol. The second-order valence-corrected chi connectivity index (χ2v) is 38.5. The largest absolute Gasteiger partial charge is 0.481 e. The van der Waals surface area contributed by atoms with E-state index in [2.05, 4.69) is 46.3 Å². The summed E-state index contributed by atoms with van der Waals surface area (Å²) in [5.74, 6) is -4.01. The van der Waals surface area contributed by atoms with Crippen LogP contribution < -0.4 is 0 Å². The van der Waals surface area contributed by atoms with E-state index in [1.54, 1.807) is 50.3 Å². The normalized spacial score (nSPS) is 32.1. The third-order valence-corrected chi connectivity index (χ3v) is 29.6. The van der Waals surface area contributed by atoms with Crippen LogP contribution in [0.25, 0.3) is 101 Å². The Hall–Kier alpha value is -11.1. The number of aliphatic carboxylic acids is 2. The number of hydrogen-bond acceptors (Lipinski definition) is 38. The zero-order valence-electron chi connectivity index (χ0n) is 82.2. The number of nitrogens with zero attached hydrogens (tertiary/aromatic N) is 4. The number of fused-ring (bicyclic) bond motifs is 16. The number of H-pyrrole nitrogens is 4. The Bertz CT molecular complexity index is 6620. The van der Waals surface area contributed by atoms with Gasteiger partial charge in [-0.15, -0.1) is 0 Å². The molecule has 0 spiro atoms. The molecule has 796 valence electrons. The Morgan fingerprint density at radius 2 is 0.541 bits per heavy atom. The Balaban J connectivity index is 0.651. The van der Waals surface area contributed by atoms with Crippen molar-refractivity contribution in [1.29, 1.82) is 0 Å². The van der Waals surface area contributed by atoms with Gasteiger partial charge in [-0.05, 0) is 196 Å². The number of aliphatic hydroxyl groups is 16. The second kappa shape index (κ2) is 44.8. The lowest BCUT2D eigenvalue weighted by Gasteiger charge is -2.50. The molecule has 6 aromatic rings. The van der Waals surface area contributed by atoms with Crippen molar-refractivity contribution in [2.75, 3.05) is 39.6 Å². The molecule has 0 amide bonds. The highest BCUT2D eigenvalue weighted by molar-refractivity contribution is 6.01. The number of rotatable bonds is 24. The number of hydrogen-bond donors (Lipinski definition) is 22. The van der Waals surface area contributed by atoms with Crippen LogP contribution in [-0.4, -0.2) is 380 Å². The van der Waals surface area contributed by atoms with E-state index in [1.807, 2.05) is 77.9 Å². The molecule has 26 aliphatic rings. The van der Waals surface area contributed by atoms with Gasteiger partial charge in [0.1, 0.15) is 160 Å². The summed E-state index contributed by atoms with van der Waals surface area (Å²) in [6.45, 7) is 24.9. The summed E-state index contributed by atoms with van der Waals surface area (Å²) in [5.41, 5.74) is 20.5. The number of nitrogens with one attached hydrogen (secondary N) is 4. The number of aryl methyl sites for hydroxylation is 6. The lowest BCUT2D eigenvalue weighted by atomic mass is 9.94. The first-order valence-electron chi connectivity index (χ1n) is 48.7. The molecule has 30 atom stereocenters. The highest BCUT2D eigenvalue weighted by atomic mass is 16.8. The molecular formula is C104H124N8O36. The number of carbonyl (C=O) groups is 4. The molecule has 22 fully saturated rings. The standard InChI is InChI=1S/C104H124N8O36/c1-13-47-39(5)55-25-57-43(9)51(17-21-77(117)118)67(109-57)31-70-54(46(12)62(112-70)30-66-50(16-4)42(8)60(108-66)28-63(47)105-55)20-24-80(122)136-38-76-98-86(128)92(134)104(142-76)146-96-74(36-116)138-100(88(130)82(96)124)143-93-71(33-113)139-101(89(131)83(93)125)147-97-75(141-103(91(133)85(97)127)145-95-73(35-115)137-99(87(129)81(95)123)144-94-72(34-114)140-102(148-98)90(132)84(94)126)37-135-79(121)23-19-53-45(11)58-26-56-40(6)48(14-2)64(106-56)27-59-41(7)49(15-3)65(107-59)29-61-44(10)52(18-22-78(119)120)68(111-61)32-69(53)110-58/h13-16,25-32,71-76,81-106,111-116,123-134H,1-4,17-24,33-38H2,5-12H3,(H,117,118)(H,119,120). The van der Waals surface area contributed by atoms with Crippen molar-refractivity contribution in [2.24, 2.45) is 0 Å². The van der Waals surface area contributed by atoms with Crippen LogP contribution in [0.1, 0.15) is 156 Å². The van der Waals surface area contributed by atoms with Crippen molar-refractivity contribution in [3.63, 3.8) is 0 Å². The van der Waals surface area contributed by atoms with Gasteiger partial charge in [-0.1, -0.05) is 50.6 Å². The zero-order valence-corrected chi connectivity index (χ0v) is 82.2. The van der Waals surface area contributed by atoms with Crippen LogP contribution in [0, 0.1) is 27.7 Å². The molecule has 32 rings (SSSR count). The molecule has 28 bridgehead atoms. The van der Waals surface area contributed by atoms with E-state index in [9.17, 15) is 111 Å². The molecule has 26 aliphatic heterocycles. The van der Waals surface area contributed by atoms with E-state index in [4.69, 9.17) is 86.3 Å². The van der Waals surface area contributed by atoms with Crippen molar-refractivity contribution in [1.82, 2.24) is 39.9 Å². The summed E-state index contributed by atoms with van der Waals surface area (Å²) in [5, 5.41) is 210. The molecule has 32 heterocycles. The molecule has 148 heavy (non-hydrogen) atoms. The summed E-state index contributed by atoms with van der Waals surface area (Å²) >= 11 is 0. The van der Waals surface area contributed by atoms with Crippen LogP contribution in [0.15, 0.2) is 87.0 Å². The smallest absolute Gasteiger partial charge is 0.306 e. The fraction of sp³-hybridized carbons (Fsp3) is 0.500. The lowest BCUT2D eigenvalue weighted by molar-refractivity contribution is -0.404. The number of esters is 2. The molecule has 44 heteroatoms. The minimum atomic E-state index is -2.36. The van der Waals surface area contributed by atoms with Crippen molar-refractivity contribution < 1.29 is 177 Å². The average molecular weight is 2060 g/mol. The zero-order chi connectivity index (χ0) is 106. The Kier molecular flexibility index (Phi) is 32.8. The van der Waals surface area contributed by atoms with Crippen molar-refractivity contribution >= 4 is 125 Å². The van der Waals surface area contributed by atoms with Gasteiger partial charge in [0, 0.05) is 92.1 Å². The number of ether oxygens (including phenoxy) is 14. The highest BCUT2D eigenvalue weighted by Gasteiger charge is 2.60. The van der Waals surface area contributed by atoms with E-state index in [0.29, 0.717) is 129 Å². The quantitative estimate of drug-likeness (QED) is 0.0387. The van der Waals surface area contributed by atoms with E-state index in [1.165, 1.54) is 0 Å². The van der Waals surface area contributed by atoms with E-state index in [-0.39, 0.29) is 38.5 Å². The average Bonchev–Trinajstić information content (AvgIpc) is 1.16. The maximum absolute atomic E-state index is 14.6. The van der Waals surface area contributed by atoms with E-state index >= 15 is 0 Å². The first-order valence-corrected chi connectivity index (χ1v) is 48.7. The first kappa shape index (κ1) is 108. The van der Waals surface area contributed by atoms with Gasteiger partial charge >= 0.3 is 23.9 Å². The number of aromatic amines is 4. The summed E-state index contributed by atoms with van der Waals surface area (Å²) in [4.78, 5) is 88.0. The monoisotopic (exact) mass is 2060 g/mol. The van der Waals surface area contributed by atoms with Gasteiger partial charge in [0.15, 0.2) is 37.7 Å². The molecule has 0 radical (unpaired) electrons. The molecule has 30 unspecified atom stereocenters. The van der Waals surface area contributed by atoms with Crippen molar-refractivity contribution in [3.05, 3.63) is 177 Å². The van der Waals surface area contributed by atoms with Gasteiger partial charge in [0.25, 0.3) is 0 Å². The first-order chi connectivity index (χ1) is 70.7. The summed E-state index contributed by atoms with van der Waals surface area (Å²) < 4.78 is 85.2. The van der Waals surface area contributed by atoms with E-state index in [0.717, 1.165) is 50.1 Å². The second-order valence-electron chi connectivity index (χ2n) is 38.5.